The van der Waals surface area contributed by atoms with E-state index in [-0.39, 0.29) is 5.92 Å². The van der Waals surface area contributed by atoms with Gasteiger partial charge in [-0.1, -0.05) is 64.2 Å². The lowest BCUT2D eigenvalue weighted by molar-refractivity contribution is 0.0184. The highest BCUT2D eigenvalue weighted by Crippen LogP contribution is 2.59. The minimum atomic E-state index is -0.703. The van der Waals surface area contributed by atoms with Crippen molar-refractivity contribution in [3.63, 3.8) is 0 Å². The molecule has 3 saturated carbocycles. The molecule has 0 bridgehead atoms. The van der Waals surface area contributed by atoms with E-state index in [0.717, 1.165) is 17.6 Å². The summed E-state index contributed by atoms with van der Waals surface area (Å²) in [5.74, 6) is 2.31. The van der Waals surface area contributed by atoms with Crippen LogP contribution in [0.25, 0.3) is 0 Å². The van der Waals surface area contributed by atoms with Crippen LogP contribution in [0.2, 0.25) is 0 Å². The van der Waals surface area contributed by atoms with Crippen LogP contribution in [0, 0.1) is 35.0 Å². The van der Waals surface area contributed by atoms with Gasteiger partial charge in [0.25, 0.3) is 0 Å². The average Bonchev–Trinajstić information content (AvgIpc) is 3.05. The molecule has 3 heteroatoms. The van der Waals surface area contributed by atoms with Crippen molar-refractivity contribution in [1.29, 1.82) is 0 Å². The van der Waals surface area contributed by atoms with Crippen LogP contribution in [-0.2, 0) is 0 Å². The maximum absolute atomic E-state index is 10.6. The van der Waals surface area contributed by atoms with E-state index in [1.807, 2.05) is 13.8 Å². The van der Waals surface area contributed by atoms with Crippen molar-refractivity contribution in [1.82, 2.24) is 0 Å². The summed E-state index contributed by atoms with van der Waals surface area (Å²) in [4.78, 5) is 0. The Morgan fingerprint density at radius 3 is 2.42 bits per heavy atom. The first-order chi connectivity index (χ1) is 15.3. The lowest BCUT2D eigenvalue weighted by atomic mass is 9.61. The smallest absolute Gasteiger partial charge is 0.0811 e. The van der Waals surface area contributed by atoms with Crippen LogP contribution >= 0.6 is 0 Å². The van der Waals surface area contributed by atoms with Crippen LogP contribution in [0.5, 0.6) is 0 Å². The summed E-state index contributed by atoms with van der Waals surface area (Å²) in [5, 5.41) is 30.9. The average molecular weight is 457 g/mol. The first-order valence-electron chi connectivity index (χ1n) is 13.2. The first-order valence-corrected chi connectivity index (χ1v) is 13.2. The molecule has 3 N–H and O–H groups in total. The first kappa shape index (κ1) is 26.4. The summed E-state index contributed by atoms with van der Waals surface area (Å²) in [7, 11) is 0. The molecule has 0 spiro atoms. The van der Waals surface area contributed by atoms with Crippen molar-refractivity contribution in [2.24, 2.45) is 35.0 Å². The summed E-state index contributed by atoms with van der Waals surface area (Å²) in [6, 6.07) is 0. The summed E-state index contributed by atoms with van der Waals surface area (Å²) in [5.41, 5.74) is 2.90. The zero-order valence-corrected chi connectivity index (χ0v) is 21.8. The van der Waals surface area contributed by atoms with Crippen molar-refractivity contribution in [3.05, 3.63) is 47.6 Å². The van der Waals surface area contributed by atoms with Gasteiger partial charge in [0.2, 0.25) is 0 Å². The Labute approximate surface area is 202 Å². The normalized spacial score (nSPS) is 37.8. The van der Waals surface area contributed by atoms with Crippen LogP contribution < -0.4 is 0 Å². The Morgan fingerprint density at radius 1 is 1.09 bits per heavy atom. The summed E-state index contributed by atoms with van der Waals surface area (Å²) >= 11 is 0. The Hall–Kier alpha value is -1.16. The van der Waals surface area contributed by atoms with Crippen LogP contribution in [0.4, 0.5) is 0 Å². The number of hydrogen-bond acceptors (Lipinski definition) is 3. The largest absolute Gasteiger partial charge is 0.393 e. The fourth-order valence-corrected chi connectivity index (χ4v) is 7.31. The minimum absolute atomic E-state index is 0.160. The molecule has 0 aromatic carbocycles. The molecule has 0 aliphatic heterocycles. The quantitative estimate of drug-likeness (QED) is 0.407. The van der Waals surface area contributed by atoms with Gasteiger partial charge >= 0.3 is 0 Å². The molecule has 0 aromatic rings. The van der Waals surface area contributed by atoms with Crippen LogP contribution in [0.15, 0.2) is 47.6 Å². The summed E-state index contributed by atoms with van der Waals surface area (Å²) < 4.78 is 0. The monoisotopic (exact) mass is 456 g/mol. The molecule has 3 nitrogen and oxygen atoms in total. The molecule has 3 rings (SSSR count). The lowest BCUT2D eigenvalue weighted by Crippen LogP contribution is -2.36. The number of aliphatic hydroxyl groups excluding tert-OH is 2. The highest BCUT2D eigenvalue weighted by atomic mass is 16.3. The van der Waals surface area contributed by atoms with Gasteiger partial charge in [-0.05, 0) is 92.6 Å². The Morgan fingerprint density at radius 2 is 1.79 bits per heavy atom. The standard InChI is InChI=1S/C30H48O3/c1-19(2)25(29(5,6)33)13-10-20(3)26-14-15-27-22(9-8-16-30(26,27)7)11-12-23-17-24(31)18-28(32)21(23)4/h10-13,19-20,24-28,31-33H,4,8-9,14-18H2,1-3,5-7H3/t20-,24-,25-,26-,27+,28+,30-/m1/s1. The molecule has 7 atom stereocenters. The van der Waals surface area contributed by atoms with Crippen molar-refractivity contribution >= 4 is 0 Å². The molecule has 3 aliphatic rings. The number of rotatable bonds is 6. The highest BCUT2D eigenvalue weighted by molar-refractivity contribution is 5.38. The minimum Gasteiger partial charge on any atom is -0.393 e. The fraction of sp³-hybridized carbons (Fsp3) is 0.733. The molecule has 0 amide bonds. The Kier molecular flexibility index (Phi) is 8.19. The fourth-order valence-electron chi connectivity index (χ4n) is 7.31. The topological polar surface area (TPSA) is 60.7 Å². The number of allylic oxidation sites excluding steroid dienone is 4. The number of hydrogen-bond donors (Lipinski definition) is 3. The molecule has 33 heavy (non-hydrogen) atoms. The number of fused-ring (bicyclic) bond motifs is 1. The van der Waals surface area contributed by atoms with Gasteiger partial charge in [-0.25, -0.2) is 0 Å². The molecule has 3 fully saturated rings. The van der Waals surface area contributed by atoms with Gasteiger partial charge in [-0.3, -0.25) is 0 Å². The van der Waals surface area contributed by atoms with E-state index in [1.165, 1.54) is 31.3 Å². The van der Waals surface area contributed by atoms with Gasteiger partial charge in [0, 0.05) is 12.3 Å². The molecule has 186 valence electrons. The molecule has 0 radical (unpaired) electrons. The highest BCUT2D eigenvalue weighted by Gasteiger charge is 2.50. The third-order valence-corrected chi connectivity index (χ3v) is 9.09. The predicted molar refractivity (Wildman–Crippen MR) is 138 cm³/mol. The predicted octanol–water partition coefficient (Wildman–Crippen LogP) is 6.36. The molecule has 0 heterocycles. The van der Waals surface area contributed by atoms with Gasteiger partial charge in [0.15, 0.2) is 0 Å². The van der Waals surface area contributed by atoms with Crippen molar-refractivity contribution < 1.29 is 15.3 Å². The summed E-state index contributed by atoms with van der Waals surface area (Å²) in [6.07, 6.45) is 15.1. The van der Waals surface area contributed by atoms with E-state index >= 15 is 0 Å². The van der Waals surface area contributed by atoms with E-state index in [4.69, 9.17) is 0 Å². The van der Waals surface area contributed by atoms with Crippen LogP contribution in [0.1, 0.15) is 86.5 Å². The van der Waals surface area contributed by atoms with Crippen LogP contribution in [-0.4, -0.2) is 33.1 Å². The maximum Gasteiger partial charge on any atom is 0.0811 e. The van der Waals surface area contributed by atoms with Crippen molar-refractivity contribution in [2.45, 2.75) is 104 Å². The lowest BCUT2D eigenvalue weighted by Gasteiger charge is -2.44. The SMILES string of the molecule is C=C1C(=CC=C2CCC[C@]3(C)[C@@H]([C@H](C)C=C[C@H](C(C)C)C(C)(C)O)CC[C@@H]23)C[C@@H](O)C[C@@H]1O. The third kappa shape index (κ3) is 5.74. The third-order valence-electron chi connectivity index (χ3n) is 9.09. The van der Waals surface area contributed by atoms with Gasteiger partial charge in [0.05, 0.1) is 17.8 Å². The second kappa shape index (κ2) is 10.2. The summed E-state index contributed by atoms with van der Waals surface area (Å²) in [6.45, 7) is 17.2. The van der Waals surface area contributed by atoms with Gasteiger partial charge < -0.3 is 15.3 Å². The maximum atomic E-state index is 10.6. The molecule has 3 aliphatic carbocycles. The van der Waals surface area contributed by atoms with E-state index in [0.29, 0.717) is 41.9 Å². The zero-order chi connectivity index (χ0) is 24.6. The van der Waals surface area contributed by atoms with E-state index in [2.05, 4.69) is 58.6 Å². The van der Waals surface area contributed by atoms with E-state index in [9.17, 15) is 15.3 Å². The molecular weight excluding hydrogens is 408 g/mol. The molecule has 0 unspecified atom stereocenters. The van der Waals surface area contributed by atoms with Crippen molar-refractivity contribution in [2.75, 3.05) is 0 Å². The van der Waals surface area contributed by atoms with E-state index < -0.39 is 17.8 Å². The Balaban J connectivity index is 1.78. The van der Waals surface area contributed by atoms with Crippen LogP contribution in [0.3, 0.4) is 0 Å². The van der Waals surface area contributed by atoms with E-state index in [1.54, 1.807) is 0 Å². The molecular formula is C30H48O3. The Bertz CT molecular complexity index is 796. The van der Waals surface area contributed by atoms with Crippen molar-refractivity contribution in [3.8, 4) is 0 Å². The van der Waals surface area contributed by atoms with Gasteiger partial charge in [-0.2, -0.15) is 0 Å². The molecule has 0 aromatic heterocycles. The second-order valence-electron chi connectivity index (χ2n) is 12.3. The molecule has 0 saturated heterocycles. The number of aliphatic hydroxyl groups is 3. The van der Waals surface area contributed by atoms with Gasteiger partial charge in [-0.15, -0.1) is 0 Å². The van der Waals surface area contributed by atoms with Gasteiger partial charge in [0.1, 0.15) is 0 Å². The second-order valence-corrected chi connectivity index (χ2v) is 12.3. The zero-order valence-electron chi connectivity index (χ0n) is 21.8.